The number of imidazole rings is 1. The van der Waals surface area contributed by atoms with Crippen molar-refractivity contribution in [2.45, 2.75) is 25.3 Å². The summed E-state index contributed by atoms with van der Waals surface area (Å²) in [6, 6.07) is 0.269. The third-order valence-electron chi connectivity index (χ3n) is 4.37. The number of carbonyl (C=O) groups excluding carboxylic acids is 1. The zero-order chi connectivity index (χ0) is 12.7. The van der Waals surface area contributed by atoms with Crippen LogP contribution in [0.1, 0.15) is 29.8 Å². The van der Waals surface area contributed by atoms with E-state index in [0.29, 0.717) is 17.5 Å². The second kappa shape index (κ2) is 4.39. The highest BCUT2D eigenvalue weighted by Gasteiger charge is 2.40. The van der Waals surface area contributed by atoms with Crippen molar-refractivity contribution >= 4 is 5.91 Å². The molecular formula is C13H20N4O. The molecule has 0 radical (unpaired) electrons. The molecule has 2 aliphatic rings. The van der Waals surface area contributed by atoms with Gasteiger partial charge in [0.15, 0.2) is 0 Å². The Balaban J connectivity index is 1.73. The second-order valence-electron chi connectivity index (χ2n) is 5.65. The maximum atomic E-state index is 12.3. The lowest BCUT2D eigenvalue weighted by Crippen LogP contribution is -2.38. The number of nitrogens with two attached hydrogens (primary N) is 1. The summed E-state index contributed by atoms with van der Waals surface area (Å²) in [4.78, 5) is 18.4. The molecule has 2 fully saturated rings. The maximum absolute atomic E-state index is 12.3. The van der Waals surface area contributed by atoms with Crippen LogP contribution in [0.2, 0.25) is 0 Å². The molecule has 2 heterocycles. The van der Waals surface area contributed by atoms with Crippen LogP contribution < -0.4 is 5.73 Å². The number of nitrogens with zero attached hydrogens (tertiary/aromatic N) is 3. The van der Waals surface area contributed by atoms with Gasteiger partial charge in [-0.3, -0.25) is 4.79 Å². The Hall–Kier alpha value is -1.36. The molecule has 1 aliphatic heterocycles. The number of aryl methyl sites for hydroxylation is 1. The fourth-order valence-corrected chi connectivity index (χ4v) is 3.37. The molecule has 18 heavy (non-hydrogen) atoms. The third kappa shape index (κ3) is 1.92. The van der Waals surface area contributed by atoms with E-state index >= 15 is 0 Å². The van der Waals surface area contributed by atoms with Crippen LogP contribution in [-0.2, 0) is 7.05 Å². The first-order valence-electron chi connectivity index (χ1n) is 6.68. The number of fused-ring (bicyclic) bond motifs is 1. The molecule has 3 atom stereocenters. The van der Waals surface area contributed by atoms with Gasteiger partial charge in [0, 0.05) is 32.4 Å². The molecular weight excluding hydrogens is 228 g/mol. The topological polar surface area (TPSA) is 64.2 Å². The molecule has 1 aromatic heterocycles. The minimum absolute atomic E-state index is 0.0530. The van der Waals surface area contributed by atoms with Crippen molar-refractivity contribution in [1.29, 1.82) is 0 Å². The lowest BCUT2D eigenvalue weighted by molar-refractivity contribution is 0.0778. The zero-order valence-corrected chi connectivity index (χ0v) is 10.7. The van der Waals surface area contributed by atoms with Crippen molar-refractivity contribution in [3.63, 3.8) is 0 Å². The van der Waals surface area contributed by atoms with Gasteiger partial charge < -0.3 is 15.2 Å². The highest BCUT2D eigenvalue weighted by atomic mass is 16.2. The molecule has 1 saturated carbocycles. The van der Waals surface area contributed by atoms with Gasteiger partial charge in [-0.2, -0.15) is 0 Å². The van der Waals surface area contributed by atoms with Crippen molar-refractivity contribution in [3.8, 4) is 0 Å². The number of aromatic nitrogens is 2. The first-order valence-corrected chi connectivity index (χ1v) is 6.68. The first kappa shape index (κ1) is 11.7. The standard InChI is InChI=1S/C13H20N4O/c1-16-7-12(15-8-16)13(18)17-5-9-3-2-4-11(14)10(9)6-17/h7-11H,2-6,14H2,1H3. The van der Waals surface area contributed by atoms with Gasteiger partial charge in [0.05, 0.1) is 6.33 Å². The quantitative estimate of drug-likeness (QED) is 0.792. The van der Waals surface area contributed by atoms with Gasteiger partial charge in [0.2, 0.25) is 0 Å². The van der Waals surface area contributed by atoms with E-state index in [0.717, 1.165) is 19.5 Å². The zero-order valence-electron chi connectivity index (χ0n) is 10.7. The minimum Gasteiger partial charge on any atom is -0.340 e. The van der Waals surface area contributed by atoms with Gasteiger partial charge in [0.1, 0.15) is 5.69 Å². The Morgan fingerprint density at radius 1 is 1.44 bits per heavy atom. The average molecular weight is 248 g/mol. The Bertz CT molecular complexity index is 456. The van der Waals surface area contributed by atoms with E-state index in [1.165, 1.54) is 12.8 Å². The number of hydrogen-bond donors (Lipinski definition) is 1. The maximum Gasteiger partial charge on any atom is 0.274 e. The lowest BCUT2D eigenvalue weighted by atomic mass is 9.78. The first-order chi connectivity index (χ1) is 8.65. The number of amides is 1. The molecule has 2 N–H and O–H groups in total. The summed E-state index contributed by atoms with van der Waals surface area (Å²) in [5, 5.41) is 0. The van der Waals surface area contributed by atoms with Crippen LogP contribution >= 0.6 is 0 Å². The van der Waals surface area contributed by atoms with Gasteiger partial charge in [-0.05, 0) is 24.7 Å². The third-order valence-corrected chi connectivity index (χ3v) is 4.37. The van der Waals surface area contributed by atoms with E-state index in [1.54, 1.807) is 12.5 Å². The van der Waals surface area contributed by atoms with Crippen molar-refractivity contribution in [2.75, 3.05) is 13.1 Å². The van der Waals surface area contributed by atoms with Crippen LogP contribution in [0.4, 0.5) is 0 Å². The summed E-state index contributed by atoms with van der Waals surface area (Å²) in [7, 11) is 1.88. The van der Waals surface area contributed by atoms with Crippen molar-refractivity contribution < 1.29 is 4.79 Å². The van der Waals surface area contributed by atoms with Gasteiger partial charge in [-0.25, -0.2) is 4.98 Å². The second-order valence-corrected chi connectivity index (χ2v) is 5.65. The van der Waals surface area contributed by atoms with Crippen molar-refractivity contribution in [2.24, 2.45) is 24.6 Å². The van der Waals surface area contributed by atoms with Crippen LogP contribution in [-0.4, -0.2) is 39.5 Å². The van der Waals surface area contributed by atoms with E-state index in [2.05, 4.69) is 4.98 Å². The van der Waals surface area contributed by atoms with E-state index in [9.17, 15) is 4.79 Å². The molecule has 1 amide bonds. The SMILES string of the molecule is Cn1cnc(C(=O)N2CC3CCCC(N)C3C2)c1. The highest BCUT2D eigenvalue weighted by Crippen LogP contribution is 2.35. The van der Waals surface area contributed by atoms with Crippen LogP contribution in [0.3, 0.4) is 0 Å². The molecule has 3 unspecified atom stereocenters. The summed E-state index contributed by atoms with van der Waals surface area (Å²) >= 11 is 0. The van der Waals surface area contributed by atoms with Gasteiger partial charge >= 0.3 is 0 Å². The minimum atomic E-state index is 0.0530. The highest BCUT2D eigenvalue weighted by molar-refractivity contribution is 5.92. The lowest BCUT2D eigenvalue weighted by Gasteiger charge is -2.29. The van der Waals surface area contributed by atoms with E-state index in [-0.39, 0.29) is 11.9 Å². The van der Waals surface area contributed by atoms with Gasteiger partial charge in [0.25, 0.3) is 5.91 Å². The fourth-order valence-electron chi connectivity index (χ4n) is 3.37. The van der Waals surface area contributed by atoms with E-state index < -0.39 is 0 Å². The van der Waals surface area contributed by atoms with E-state index in [1.807, 2.05) is 16.5 Å². The molecule has 0 aromatic carbocycles. The van der Waals surface area contributed by atoms with Crippen molar-refractivity contribution in [1.82, 2.24) is 14.5 Å². The molecule has 0 bridgehead atoms. The Labute approximate surface area is 107 Å². The normalized spacial score (nSPS) is 31.4. The number of likely N-dealkylation sites (tertiary alicyclic amines) is 1. The Morgan fingerprint density at radius 2 is 2.28 bits per heavy atom. The summed E-state index contributed by atoms with van der Waals surface area (Å²) in [5.74, 6) is 1.14. The van der Waals surface area contributed by atoms with Gasteiger partial charge in [-0.1, -0.05) is 6.42 Å². The Morgan fingerprint density at radius 3 is 2.94 bits per heavy atom. The molecule has 5 nitrogen and oxygen atoms in total. The summed E-state index contributed by atoms with van der Waals surface area (Å²) in [5.41, 5.74) is 6.71. The molecule has 0 spiro atoms. The number of carbonyl (C=O) groups is 1. The fraction of sp³-hybridized carbons (Fsp3) is 0.692. The summed E-state index contributed by atoms with van der Waals surface area (Å²) < 4.78 is 1.81. The predicted octanol–water partition coefficient (Wildman–Crippen LogP) is 0.620. The number of rotatable bonds is 1. The Kier molecular flexibility index (Phi) is 2.86. The molecule has 1 aliphatic carbocycles. The smallest absolute Gasteiger partial charge is 0.274 e. The molecule has 98 valence electrons. The molecule has 3 rings (SSSR count). The van der Waals surface area contributed by atoms with Crippen LogP contribution in [0, 0.1) is 11.8 Å². The molecule has 5 heteroatoms. The largest absolute Gasteiger partial charge is 0.340 e. The number of hydrogen-bond acceptors (Lipinski definition) is 3. The van der Waals surface area contributed by atoms with Crippen LogP contribution in [0.5, 0.6) is 0 Å². The monoisotopic (exact) mass is 248 g/mol. The van der Waals surface area contributed by atoms with Crippen LogP contribution in [0.25, 0.3) is 0 Å². The van der Waals surface area contributed by atoms with Gasteiger partial charge in [-0.15, -0.1) is 0 Å². The molecule has 1 aromatic rings. The molecule has 1 saturated heterocycles. The summed E-state index contributed by atoms with van der Waals surface area (Å²) in [6.45, 7) is 1.66. The predicted molar refractivity (Wildman–Crippen MR) is 67.9 cm³/mol. The van der Waals surface area contributed by atoms with Crippen LogP contribution in [0.15, 0.2) is 12.5 Å². The van der Waals surface area contributed by atoms with E-state index in [4.69, 9.17) is 5.73 Å². The summed E-state index contributed by atoms with van der Waals surface area (Å²) in [6.07, 6.45) is 6.97. The average Bonchev–Trinajstić information content (AvgIpc) is 2.95. The van der Waals surface area contributed by atoms with Crippen molar-refractivity contribution in [3.05, 3.63) is 18.2 Å².